The lowest BCUT2D eigenvalue weighted by atomic mass is 9.89. The average Bonchev–Trinajstić information content (AvgIpc) is 2.78. The van der Waals surface area contributed by atoms with Crippen molar-refractivity contribution in [2.75, 3.05) is 6.54 Å². The molecule has 0 aliphatic carbocycles. The molecule has 7 unspecified atom stereocenters. The van der Waals surface area contributed by atoms with Gasteiger partial charge in [0.25, 0.3) is 0 Å². The first kappa shape index (κ1) is 33.2. The quantitative estimate of drug-likeness (QED) is 0.0997. The minimum Gasteiger partial charge on any atom is -0.481 e. The summed E-state index contributed by atoms with van der Waals surface area (Å²) < 4.78 is 5.45. The Balaban J connectivity index is 4.52. The Hall–Kier alpha value is -1.75. The van der Waals surface area contributed by atoms with Gasteiger partial charge in [-0.05, 0) is 31.1 Å². The Kier molecular flexibility index (Phi) is 17.6. The monoisotopic (exact) mass is 505 g/mol. The van der Waals surface area contributed by atoms with Crippen molar-refractivity contribution < 1.29 is 44.7 Å². The Bertz CT molecular complexity index is 616. The van der Waals surface area contributed by atoms with Gasteiger partial charge in [-0.3, -0.25) is 14.4 Å². The average molecular weight is 506 g/mol. The Morgan fingerprint density at radius 2 is 1.46 bits per heavy atom. The van der Waals surface area contributed by atoms with E-state index in [-0.39, 0.29) is 18.4 Å². The van der Waals surface area contributed by atoms with Crippen LogP contribution in [0.4, 0.5) is 0 Å². The molecule has 10 heteroatoms. The minimum atomic E-state index is -1.37. The van der Waals surface area contributed by atoms with Gasteiger partial charge in [-0.15, -0.1) is 0 Å². The number of aliphatic hydroxyl groups is 3. The predicted molar refractivity (Wildman–Crippen MR) is 131 cm³/mol. The Labute approximate surface area is 208 Å². The molecule has 0 amide bonds. The molecule has 7 N–H and O–H groups in total. The van der Waals surface area contributed by atoms with Crippen LogP contribution in [0.2, 0.25) is 0 Å². The van der Waals surface area contributed by atoms with Crippen LogP contribution in [-0.2, 0) is 19.1 Å². The van der Waals surface area contributed by atoms with E-state index in [1.165, 1.54) is 0 Å². The number of hydrogen-bond acceptors (Lipinski definition) is 8. The lowest BCUT2D eigenvalue weighted by Gasteiger charge is -2.30. The topological polar surface area (TPSA) is 188 Å². The second-order valence-corrected chi connectivity index (χ2v) is 9.86. The van der Waals surface area contributed by atoms with Crippen LogP contribution in [0.15, 0.2) is 0 Å². The molecule has 10 nitrogen and oxygen atoms in total. The molecule has 0 saturated carbocycles. The number of carboxylic acids is 2. The number of unbranched alkanes of at least 4 members (excludes halogenated alkanes) is 3. The van der Waals surface area contributed by atoms with Crippen LogP contribution < -0.4 is 5.73 Å². The fourth-order valence-electron chi connectivity index (χ4n) is 4.08. The number of rotatable bonds is 21. The van der Waals surface area contributed by atoms with Crippen molar-refractivity contribution in [3.8, 4) is 0 Å². The number of carbonyl (C=O) groups excluding carboxylic acids is 1. The van der Waals surface area contributed by atoms with E-state index in [0.29, 0.717) is 25.7 Å². The normalized spacial score (nSPS) is 17.6. The van der Waals surface area contributed by atoms with Crippen molar-refractivity contribution >= 4 is 17.9 Å². The highest BCUT2D eigenvalue weighted by molar-refractivity contribution is 5.82. The molecule has 0 spiro atoms. The first-order valence-electron chi connectivity index (χ1n) is 12.8. The summed E-state index contributed by atoms with van der Waals surface area (Å²) in [6.07, 6.45) is 2.49. The van der Waals surface area contributed by atoms with Crippen LogP contribution in [-0.4, -0.2) is 74.4 Å². The Morgan fingerprint density at radius 1 is 0.857 bits per heavy atom. The molecule has 0 bridgehead atoms. The van der Waals surface area contributed by atoms with Crippen molar-refractivity contribution in [3.63, 3.8) is 0 Å². The van der Waals surface area contributed by atoms with E-state index in [9.17, 15) is 29.7 Å². The standard InChI is InChI=1S/C25H47NO9/c1-4-17(3)24(35-23(32)13-18(25(33)34)12-22(30)31)21(29)11-16(2)9-7-5-6-8-10-19(27)14-20(28)15-26/h16-21,24,27-29H,4-15,26H2,1-3H3,(H,30,31)(H,33,34). The summed E-state index contributed by atoms with van der Waals surface area (Å²) in [5.74, 6) is -4.84. The van der Waals surface area contributed by atoms with Crippen LogP contribution in [0, 0.1) is 17.8 Å². The summed E-state index contributed by atoms with van der Waals surface area (Å²) in [5.41, 5.74) is 5.35. The highest BCUT2D eigenvalue weighted by Crippen LogP contribution is 2.24. The van der Waals surface area contributed by atoms with Crippen molar-refractivity contribution in [1.29, 1.82) is 0 Å². The molecule has 0 rings (SSSR count). The van der Waals surface area contributed by atoms with E-state index in [1.807, 2.05) is 20.8 Å². The molecular weight excluding hydrogens is 458 g/mol. The molecule has 0 aromatic carbocycles. The maximum Gasteiger partial charge on any atom is 0.307 e. The van der Waals surface area contributed by atoms with E-state index >= 15 is 0 Å². The van der Waals surface area contributed by atoms with E-state index in [0.717, 1.165) is 32.1 Å². The van der Waals surface area contributed by atoms with Crippen LogP contribution in [0.5, 0.6) is 0 Å². The summed E-state index contributed by atoms with van der Waals surface area (Å²) in [5, 5.41) is 48.1. The van der Waals surface area contributed by atoms with E-state index in [1.54, 1.807) is 0 Å². The number of carboxylic acid groups (broad SMARTS) is 2. The molecule has 0 aromatic rings. The van der Waals surface area contributed by atoms with E-state index < -0.39 is 61.1 Å². The van der Waals surface area contributed by atoms with Crippen molar-refractivity contribution in [3.05, 3.63) is 0 Å². The molecule has 0 heterocycles. The first-order chi connectivity index (χ1) is 16.4. The second-order valence-electron chi connectivity index (χ2n) is 9.86. The molecule has 7 atom stereocenters. The smallest absolute Gasteiger partial charge is 0.307 e. The number of aliphatic carboxylic acids is 2. The minimum absolute atomic E-state index is 0.144. The van der Waals surface area contributed by atoms with Crippen LogP contribution in [0.1, 0.15) is 91.4 Å². The third-order valence-electron chi connectivity index (χ3n) is 6.48. The van der Waals surface area contributed by atoms with Gasteiger partial charge in [0.1, 0.15) is 6.10 Å². The Morgan fingerprint density at radius 3 is 1.97 bits per heavy atom. The molecule has 206 valence electrons. The highest BCUT2D eigenvalue weighted by atomic mass is 16.6. The molecule has 35 heavy (non-hydrogen) atoms. The van der Waals surface area contributed by atoms with Crippen molar-refractivity contribution in [1.82, 2.24) is 0 Å². The molecule has 0 aliphatic rings. The molecule has 0 fully saturated rings. The number of hydrogen-bond donors (Lipinski definition) is 6. The molecule has 0 saturated heterocycles. The zero-order chi connectivity index (χ0) is 27.0. The summed E-state index contributed by atoms with van der Waals surface area (Å²) in [4.78, 5) is 34.4. The second kappa shape index (κ2) is 18.5. The van der Waals surface area contributed by atoms with Crippen LogP contribution >= 0.6 is 0 Å². The lowest BCUT2D eigenvalue weighted by molar-refractivity contribution is -0.164. The van der Waals surface area contributed by atoms with Crippen molar-refractivity contribution in [2.45, 2.75) is 116 Å². The van der Waals surface area contributed by atoms with Gasteiger partial charge in [0.15, 0.2) is 0 Å². The first-order valence-corrected chi connectivity index (χ1v) is 12.8. The molecule has 0 aromatic heterocycles. The summed E-state index contributed by atoms with van der Waals surface area (Å²) in [7, 11) is 0. The van der Waals surface area contributed by atoms with Gasteiger partial charge in [-0.2, -0.15) is 0 Å². The number of esters is 1. The maximum atomic E-state index is 12.3. The largest absolute Gasteiger partial charge is 0.481 e. The number of carbonyl (C=O) groups is 3. The van der Waals surface area contributed by atoms with Gasteiger partial charge in [-0.25, -0.2) is 0 Å². The van der Waals surface area contributed by atoms with Crippen LogP contribution in [0.25, 0.3) is 0 Å². The zero-order valence-corrected chi connectivity index (χ0v) is 21.5. The molecule has 0 radical (unpaired) electrons. The van der Waals surface area contributed by atoms with Crippen LogP contribution in [0.3, 0.4) is 0 Å². The van der Waals surface area contributed by atoms with Gasteiger partial charge in [-0.1, -0.05) is 52.9 Å². The summed E-state index contributed by atoms with van der Waals surface area (Å²) >= 11 is 0. The lowest BCUT2D eigenvalue weighted by Crippen LogP contribution is -2.38. The van der Waals surface area contributed by atoms with Crippen molar-refractivity contribution in [2.24, 2.45) is 23.5 Å². The van der Waals surface area contributed by atoms with Gasteiger partial charge in [0.05, 0.1) is 37.1 Å². The highest BCUT2D eigenvalue weighted by Gasteiger charge is 2.32. The number of ether oxygens (including phenoxy) is 1. The summed E-state index contributed by atoms with van der Waals surface area (Å²) in [6.45, 7) is 5.91. The van der Waals surface area contributed by atoms with Gasteiger partial charge < -0.3 is 36.0 Å². The van der Waals surface area contributed by atoms with Gasteiger partial charge >= 0.3 is 17.9 Å². The fourth-order valence-corrected chi connectivity index (χ4v) is 4.08. The number of nitrogens with two attached hydrogens (primary N) is 1. The van der Waals surface area contributed by atoms with E-state index in [4.69, 9.17) is 20.7 Å². The maximum absolute atomic E-state index is 12.3. The molecule has 0 aliphatic heterocycles. The predicted octanol–water partition coefficient (Wildman–Crippen LogP) is 2.31. The third kappa shape index (κ3) is 15.8. The zero-order valence-electron chi connectivity index (χ0n) is 21.5. The van der Waals surface area contributed by atoms with E-state index in [2.05, 4.69) is 0 Å². The SMILES string of the molecule is CCC(C)C(OC(=O)CC(CC(=O)O)C(=O)O)C(O)CC(C)CCCCCCC(O)CC(O)CN. The fraction of sp³-hybridized carbons (Fsp3) is 0.880. The number of aliphatic hydroxyl groups excluding tert-OH is 3. The third-order valence-corrected chi connectivity index (χ3v) is 6.48. The van der Waals surface area contributed by atoms with Gasteiger partial charge in [0.2, 0.25) is 0 Å². The summed E-state index contributed by atoms with van der Waals surface area (Å²) in [6, 6.07) is 0. The van der Waals surface area contributed by atoms with Gasteiger partial charge in [0, 0.05) is 13.0 Å². The molecular formula is C25H47NO9.